The van der Waals surface area contributed by atoms with E-state index < -0.39 is 11.6 Å². The summed E-state index contributed by atoms with van der Waals surface area (Å²) in [5, 5.41) is 10.3. The third-order valence-electron chi connectivity index (χ3n) is 3.50. The minimum atomic E-state index is -1.18. The zero-order valence-electron chi connectivity index (χ0n) is 13.9. The summed E-state index contributed by atoms with van der Waals surface area (Å²) in [5.41, 5.74) is 1.57. The third-order valence-corrected chi connectivity index (χ3v) is 3.50. The van der Waals surface area contributed by atoms with Gasteiger partial charge >= 0.3 is 11.9 Å². The summed E-state index contributed by atoms with van der Waals surface area (Å²) < 4.78 is 9.68. The van der Waals surface area contributed by atoms with Crippen molar-refractivity contribution in [2.75, 3.05) is 13.7 Å². The Kier molecular flexibility index (Phi) is 6.11. The molecule has 0 aromatic carbocycles. The molecule has 5 nitrogen and oxygen atoms in total. The van der Waals surface area contributed by atoms with Crippen LogP contribution in [0.1, 0.15) is 40.5 Å². The highest BCUT2D eigenvalue weighted by molar-refractivity contribution is 5.90. The Labute approximate surface area is 131 Å². The molecule has 1 rings (SSSR count). The van der Waals surface area contributed by atoms with Crippen molar-refractivity contribution in [3.05, 3.63) is 34.4 Å². The number of hydrogen-bond acceptors (Lipinski definition) is 5. The van der Waals surface area contributed by atoms with E-state index in [0.29, 0.717) is 30.6 Å². The van der Waals surface area contributed by atoms with Gasteiger partial charge in [0.05, 0.1) is 19.3 Å². The van der Waals surface area contributed by atoms with E-state index in [1.165, 1.54) is 13.2 Å². The van der Waals surface area contributed by atoms with Crippen molar-refractivity contribution in [2.24, 2.45) is 0 Å². The van der Waals surface area contributed by atoms with Crippen molar-refractivity contribution in [3.8, 4) is 0 Å². The Morgan fingerprint density at radius 3 is 2.45 bits per heavy atom. The summed E-state index contributed by atoms with van der Waals surface area (Å²) in [6.45, 7) is 7.16. The Hall–Kier alpha value is -1.88. The van der Waals surface area contributed by atoms with Crippen LogP contribution in [0.2, 0.25) is 0 Å². The molecule has 0 radical (unpaired) electrons. The Bertz CT molecular complexity index is 544. The topological polar surface area (TPSA) is 72.8 Å². The van der Waals surface area contributed by atoms with Gasteiger partial charge in [-0.3, -0.25) is 0 Å². The lowest BCUT2D eigenvalue weighted by Gasteiger charge is -2.27. The molecule has 0 atom stereocenters. The smallest absolute Gasteiger partial charge is 0.334 e. The van der Waals surface area contributed by atoms with Crippen molar-refractivity contribution in [3.63, 3.8) is 0 Å². The zero-order chi connectivity index (χ0) is 16.9. The molecule has 0 aromatic rings. The van der Waals surface area contributed by atoms with Gasteiger partial charge in [0, 0.05) is 11.6 Å². The molecular weight excluding hydrogens is 284 g/mol. The lowest BCUT2D eigenvalue weighted by atomic mass is 9.83. The summed E-state index contributed by atoms with van der Waals surface area (Å²) in [6, 6.07) is 0. The molecule has 0 fully saturated rings. The summed E-state index contributed by atoms with van der Waals surface area (Å²) in [5.74, 6) is -0.826. The summed E-state index contributed by atoms with van der Waals surface area (Å²) >= 11 is 0. The van der Waals surface area contributed by atoms with Crippen molar-refractivity contribution in [2.45, 2.75) is 46.1 Å². The van der Waals surface area contributed by atoms with Gasteiger partial charge in [0.1, 0.15) is 0 Å². The van der Waals surface area contributed by atoms with Gasteiger partial charge in [-0.2, -0.15) is 0 Å². The number of esters is 2. The first kappa shape index (κ1) is 18.2. The Morgan fingerprint density at radius 2 is 2.00 bits per heavy atom. The molecule has 122 valence electrons. The standard InChI is InChI=1S/C17H24O5/c1-6-22-16(19)13-8-7-12(9-11(13)2)14(17(3,4)20)10-15(18)21-5/h9-10,20H,6-8H2,1-5H3/b14-10+. The fourth-order valence-corrected chi connectivity index (χ4v) is 2.41. The van der Waals surface area contributed by atoms with Crippen LogP contribution in [-0.4, -0.2) is 36.4 Å². The van der Waals surface area contributed by atoms with Gasteiger partial charge in [-0.1, -0.05) is 6.08 Å². The van der Waals surface area contributed by atoms with E-state index in [2.05, 4.69) is 4.74 Å². The quantitative estimate of drug-likeness (QED) is 0.624. The molecule has 0 spiro atoms. The number of aliphatic hydroxyl groups is 1. The van der Waals surface area contributed by atoms with Crippen LogP contribution in [0.3, 0.4) is 0 Å². The molecular formula is C17H24O5. The van der Waals surface area contributed by atoms with Crippen LogP contribution < -0.4 is 0 Å². The summed E-state index contributed by atoms with van der Waals surface area (Å²) in [7, 11) is 1.29. The molecule has 22 heavy (non-hydrogen) atoms. The summed E-state index contributed by atoms with van der Waals surface area (Å²) in [4.78, 5) is 23.4. The fraction of sp³-hybridized carbons (Fsp3) is 0.529. The minimum Gasteiger partial charge on any atom is -0.466 e. The predicted octanol–water partition coefficient (Wildman–Crippen LogP) is 2.46. The lowest BCUT2D eigenvalue weighted by molar-refractivity contribution is -0.139. The Balaban J connectivity index is 3.20. The molecule has 1 N–H and O–H groups in total. The van der Waals surface area contributed by atoms with Crippen LogP contribution in [0.15, 0.2) is 34.4 Å². The van der Waals surface area contributed by atoms with Crippen molar-refractivity contribution in [1.29, 1.82) is 0 Å². The molecule has 1 aliphatic rings. The van der Waals surface area contributed by atoms with Gasteiger partial charge in [-0.05, 0) is 57.3 Å². The second-order valence-corrected chi connectivity index (χ2v) is 5.69. The van der Waals surface area contributed by atoms with Gasteiger partial charge < -0.3 is 14.6 Å². The van der Waals surface area contributed by atoms with Gasteiger partial charge in [0.2, 0.25) is 0 Å². The van der Waals surface area contributed by atoms with Crippen LogP contribution in [0.25, 0.3) is 0 Å². The lowest BCUT2D eigenvalue weighted by Crippen LogP contribution is -2.25. The van der Waals surface area contributed by atoms with Crippen LogP contribution in [-0.2, 0) is 19.1 Å². The number of hydrogen-bond donors (Lipinski definition) is 1. The highest BCUT2D eigenvalue weighted by atomic mass is 16.5. The van der Waals surface area contributed by atoms with E-state index in [4.69, 9.17) is 4.74 Å². The number of ether oxygens (including phenoxy) is 2. The fourth-order valence-electron chi connectivity index (χ4n) is 2.41. The number of rotatable bonds is 5. The van der Waals surface area contributed by atoms with Gasteiger partial charge in [0.25, 0.3) is 0 Å². The Morgan fingerprint density at radius 1 is 1.36 bits per heavy atom. The SMILES string of the molecule is CCOC(=O)C1=C(C)C=C(/C(=C\C(=O)OC)C(C)(C)O)CC1. The molecule has 1 aliphatic carbocycles. The number of carbonyl (C=O) groups is 2. The maximum absolute atomic E-state index is 11.9. The van der Waals surface area contributed by atoms with Gasteiger partial charge in [0.15, 0.2) is 0 Å². The molecule has 0 heterocycles. The van der Waals surface area contributed by atoms with Crippen LogP contribution >= 0.6 is 0 Å². The number of allylic oxidation sites excluding steroid dienone is 2. The van der Waals surface area contributed by atoms with Gasteiger partial charge in [-0.25, -0.2) is 9.59 Å². The zero-order valence-corrected chi connectivity index (χ0v) is 13.9. The second-order valence-electron chi connectivity index (χ2n) is 5.69. The average Bonchev–Trinajstić information content (AvgIpc) is 2.43. The maximum atomic E-state index is 11.9. The number of carbonyl (C=O) groups excluding carboxylic acids is 2. The van der Waals surface area contributed by atoms with E-state index in [-0.39, 0.29) is 5.97 Å². The largest absolute Gasteiger partial charge is 0.466 e. The minimum absolute atomic E-state index is 0.308. The molecule has 0 aromatic heterocycles. The molecule has 5 heteroatoms. The van der Waals surface area contributed by atoms with E-state index >= 15 is 0 Å². The highest BCUT2D eigenvalue weighted by Crippen LogP contribution is 2.33. The van der Waals surface area contributed by atoms with E-state index in [1.807, 2.05) is 13.0 Å². The second kappa shape index (κ2) is 7.40. The normalized spacial score (nSPS) is 16.3. The average molecular weight is 308 g/mol. The first-order chi connectivity index (χ1) is 10.2. The van der Waals surface area contributed by atoms with Crippen molar-refractivity contribution < 1.29 is 24.2 Å². The molecule has 0 aliphatic heterocycles. The molecule has 0 bridgehead atoms. The van der Waals surface area contributed by atoms with E-state index in [9.17, 15) is 14.7 Å². The van der Waals surface area contributed by atoms with Crippen molar-refractivity contribution in [1.82, 2.24) is 0 Å². The molecule has 0 saturated heterocycles. The summed E-state index contributed by atoms with van der Waals surface area (Å²) in [6.07, 6.45) is 4.19. The third kappa shape index (κ3) is 4.56. The highest BCUT2D eigenvalue weighted by Gasteiger charge is 2.27. The first-order valence-corrected chi connectivity index (χ1v) is 7.31. The van der Waals surface area contributed by atoms with Crippen LogP contribution in [0.5, 0.6) is 0 Å². The monoisotopic (exact) mass is 308 g/mol. The first-order valence-electron chi connectivity index (χ1n) is 7.31. The van der Waals surface area contributed by atoms with Gasteiger partial charge in [-0.15, -0.1) is 0 Å². The molecule has 0 unspecified atom stereocenters. The molecule has 0 amide bonds. The van der Waals surface area contributed by atoms with E-state index in [0.717, 1.165) is 11.1 Å². The van der Waals surface area contributed by atoms with E-state index in [1.54, 1.807) is 20.8 Å². The van der Waals surface area contributed by atoms with Crippen molar-refractivity contribution >= 4 is 11.9 Å². The molecule has 0 saturated carbocycles. The number of methoxy groups -OCH3 is 1. The van der Waals surface area contributed by atoms with Crippen LogP contribution in [0, 0.1) is 0 Å². The maximum Gasteiger partial charge on any atom is 0.334 e. The van der Waals surface area contributed by atoms with Crippen LogP contribution in [0.4, 0.5) is 0 Å². The predicted molar refractivity (Wildman–Crippen MR) is 83.0 cm³/mol.